The minimum Gasteiger partial charge on any atom is -0.258 e. The lowest BCUT2D eigenvalue weighted by molar-refractivity contribution is -0.386. The first-order valence-corrected chi connectivity index (χ1v) is 3.79. The summed E-state index contributed by atoms with van der Waals surface area (Å²) in [5.41, 5.74) is -0.262. The van der Waals surface area contributed by atoms with Crippen LogP contribution >= 0.6 is 15.9 Å². The monoisotopic (exact) mass is 234 g/mol. The zero-order valence-corrected chi connectivity index (χ0v) is 7.41. The number of hydrogen-bond acceptors (Lipinski definition) is 3. The third-order valence-corrected chi connectivity index (χ3v) is 1.71. The molecule has 0 aromatic carbocycles. The van der Waals surface area contributed by atoms with E-state index < -0.39 is 11.6 Å². The van der Waals surface area contributed by atoms with Gasteiger partial charge in [-0.1, -0.05) is 0 Å². The number of rotatable bonds is 2. The van der Waals surface area contributed by atoms with E-state index in [9.17, 15) is 14.5 Å². The highest BCUT2D eigenvalue weighted by Crippen LogP contribution is 2.20. The van der Waals surface area contributed by atoms with Gasteiger partial charge < -0.3 is 0 Å². The highest BCUT2D eigenvalue weighted by Gasteiger charge is 2.13. The Kier molecular flexibility index (Phi) is 2.69. The molecule has 0 radical (unpaired) electrons. The van der Waals surface area contributed by atoms with Gasteiger partial charge >= 0.3 is 0 Å². The van der Waals surface area contributed by atoms with Gasteiger partial charge in [0.25, 0.3) is 5.69 Å². The van der Waals surface area contributed by atoms with Gasteiger partial charge in [-0.15, -0.1) is 0 Å². The van der Waals surface area contributed by atoms with Crippen LogP contribution in [0.4, 0.5) is 10.1 Å². The average molecular weight is 235 g/mol. The van der Waals surface area contributed by atoms with E-state index in [2.05, 4.69) is 20.9 Å². The van der Waals surface area contributed by atoms with Gasteiger partial charge in [-0.25, -0.2) is 9.37 Å². The van der Waals surface area contributed by atoms with Crippen LogP contribution in [0.15, 0.2) is 16.9 Å². The second-order valence-corrected chi connectivity index (χ2v) is 2.84. The SMILES string of the molecule is O=[N+]([O-])c1cnc(Br)cc1CF. The molecule has 0 fully saturated rings. The number of nitrogens with zero attached hydrogens (tertiary/aromatic N) is 2. The van der Waals surface area contributed by atoms with E-state index in [1.165, 1.54) is 6.07 Å². The van der Waals surface area contributed by atoms with Crippen LogP contribution in [0.3, 0.4) is 0 Å². The molecule has 0 unspecified atom stereocenters. The summed E-state index contributed by atoms with van der Waals surface area (Å²) in [5.74, 6) is 0. The molecule has 1 heterocycles. The van der Waals surface area contributed by atoms with Crippen LogP contribution in [0.5, 0.6) is 0 Å². The maximum absolute atomic E-state index is 12.2. The number of alkyl halides is 1. The van der Waals surface area contributed by atoms with E-state index in [1.807, 2.05) is 0 Å². The molecule has 0 N–H and O–H groups in total. The summed E-state index contributed by atoms with van der Waals surface area (Å²) in [6.45, 7) is -0.864. The first-order chi connectivity index (χ1) is 5.65. The lowest BCUT2D eigenvalue weighted by Gasteiger charge is -1.96. The van der Waals surface area contributed by atoms with Crippen molar-refractivity contribution < 1.29 is 9.31 Å². The Bertz CT molecular complexity index is 318. The topological polar surface area (TPSA) is 56.0 Å². The standard InChI is InChI=1S/C6H4BrFN2O2/c7-6-1-4(2-8)5(3-9-6)10(11)12/h1,3H,2H2. The Morgan fingerprint density at radius 2 is 2.42 bits per heavy atom. The average Bonchev–Trinajstić information content (AvgIpc) is 2.03. The molecule has 0 aliphatic heterocycles. The minimum atomic E-state index is -0.864. The van der Waals surface area contributed by atoms with E-state index in [1.54, 1.807) is 0 Å². The van der Waals surface area contributed by atoms with E-state index in [4.69, 9.17) is 0 Å². The van der Waals surface area contributed by atoms with Crippen molar-refractivity contribution >= 4 is 21.6 Å². The van der Waals surface area contributed by atoms with E-state index >= 15 is 0 Å². The summed E-state index contributed by atoms with van der Waals surface area (Å²) < 4.78 is 12.6. The molecule has 0 bridgehead atoms. The predicted octanol–water partition coefficient (Wildman–Crippen LogP) is 2.22. The molecule has 64 valence electrons. The quantitative estimate of drug-likeness (QED) is 0.448. The van der Waals surface area contributed by atoms with Crippen molar-refractivity contribution in [3.63, 3.8) is 0 Å². The minimum absolute atomic E-state index is 0.0295. The zero-order chi connectivity index (χ0) is 9.14. The van der Waals surface area contributed by atoms with Crippen LogP contribution in [-0.2, 0) is 6.67 Å². The number of nitro groups is 1. The van der Waals surface area contributed by atoms with E-state index in [0.717, 1.165) is 6.20 Å². The Morgan fingerprint density at radius 1 is 1.75 bits per heavy atom. The largest absolute Gasteiger partial charge is 0.293 e. The Labute approximate surface area is 75.7 Å². The smallest absolute Gasteiger partial charge is 0.258 e. The summed E-state index contributed by atoms with van der Waals surface area (Å²) in [5, 5.41) is 10.3. The van der Waals surface area contributed by atoms with Crippen molar-refractivity contribution in [3.8, 4) is 0 Å². The van der Waals surface area contributed by atoms with Crippen LogP contribution in [-0.4, -0.2) is 9.91 Å². The van der Waals surface area contributed by atoms with Crippen molar-refractivity contribution in [2.75, 3.05) is 0 Å². The molecule has 12 heavy (non-hydrogen) atoms. The van der Waals surface area contributed by atoms with Gasteiger partial charge in [0, 0.05) is 0 Å². The summed E-state index contributed by atoms with van der Waals surface area (Å²) in [7, 11) is 0. The fourth-order valence-corrected chi connectivity index (χ4v) is 1.11. The molecular formula is C6H4BrFN2O2. The summed E-state index contributed by atoms with van der Waals surface area (Å²) in [6, 6.07) is 1.29. The number of aromatic nitrogens is 1. The van der Waals surface area contributed by atoms with Gasteiger partial charge in [-0.2, -0.15) is 0 Å². The van der Waals surface area contributed by atoms with Gasteiger partial charge in [0.1, 0.15) is 17.5 Å². The van der Waals surface area contributed by atoms with Crippen molar-refractivity contribution in [2.24, 2.45) is 0 Å². The molecule has 0 aliphatic rings. The van der Waals surface area contributed by atoms with E-state index in [-0.39, 0.29) is 11.3 Å². The van der Waals surface area contributed by atoms with Crippen LogP contribution in [0.1, 0.15) is 5.56 Å². The van der Waals surface area contributed by atoms with E-state index in [0.29, 0.717) is 4.60 Å². The zero-order valence-electron chi connectivity index (χ0n) is 5.83. The van der Waals surface area contributed by atoms with Gasteiger partial charge in [0.05, 0.1) is 10.5 Å². The van der Waals surface area contributed by atoms with Crippen LogP contribution in [0.25, 0.3) is 0 Å². The second kappa shape index (κ2) is 3.57. The Hall–Kier alpha value is -1.04. The Balaban J connectivity index is 3.20. The van der Waals surface area contributed by atoms with Crippen molar-refractivity contribution in [2.45, 2.75) is 6.67 Å². The lowest BCUT2D eigenvalue weighted by atomic mass is 10.2. The molecule has 1 aromatic heterocycles. The molecule has 0 atom stereocenters. The van der Waals surface area contributed by atoms with Gasteiger partial charge in [-0.3, -0.25) is 10.1 Å². The second-order valence-electron chi connectivity index (χ2n) is 2.03. The van der Waals surface area contributed by atoms with Gasteiger partial charge in [0.2, 0.25) is 0 Å². The van der Waals surface area contributed by atoms with Gasteiger partial charge in [0.15, 0.2) is 0 Å². The molecule has 1 aromatic rings. The third kappa shape index (κ3) is 1.76. The molecule has 0 saturated heterocycles. The summed E-state index contributed by atoms with van der Waals surface area (Å²) in [4.78, 5) is 13.2. The fourth-order valence-electron chi connectivity index (χ4n) is 0.732. The van der Waals surface area contributed by atoms with Gasteiger partial charge in [-0.05, 0) is 22.0 Å². The van der Waals surface area contributed by atoms with Crippen LogP contribution in [0.2, 0.25) is 0 Å². The predicted molar refractivity (Wildman–Crippen MR) is 43.4 cm³/mol. The van der Waals surface area contributed by atoms with Crippen LogP contribution < -0.4 is 0 Å². The first kappa shape index (κ1) is 9.05. The Morgan fingerprint density at radius 3 is 2.92 bits per heavy atom. The molecule has 1 rings (SSSR count). The molecule has 4 nitrogen and oxygen atoms in total. The molecule has 6 heteroatoms. The molecule has 0 spiro atoms. The maximum atomic E-state index is 12.2. The normalized spacial score (nSPS) is 9.83. The molecular weight excluding hydrogens is 231 g/mol. The number of halogens is 2. The maximum Gasteiger partial charge on any atom is 0.293 e. The highest BCUT2D eigenvalue weighted by molar-refractivity contribution is 9.10. The number of hydrogen-bond donors (Lipinski definition) is 0. The van der Waals surface area contributed by atoms with Crippen molar-refractivity contribution in [3.05, 3.63) is 32.5 Å². The highest BCUT2D eigenvalue weighted by atomic mass is 79.9. The molecule has 0 amide bonds. The summed E-state index contributed by atoms with van der Waals surface area (Å²) >= 11 is 2.99. The molecule has 0 saturated carbocycles. The van der Waals surface area contributed by atoms with Crippen molar-refractivity contribution in [1.29, 1.82) is 0 Å². The summed E-state index contributed by atoms with van der Waals surface area (Å²) in [6.07, 6.45) is 1.03. The van der Waals surface area contributed by atoms with Crippen LogP contribution in [0, 0.1) is 10.1 Å². The van der Waals surface area contributed by atoms with Crippen molar-refractivity contribution in [1.82, 2.24) is 4.98 Å². The first-order valence-electron chi connectivity index (χ1n) is 3.00. The third-order valence-electron chi connectivity index (χ3n) is 1.27. The number of pyridine rings is 1. The molecule has 0 aliphatic carbocycles. The lowest BCUT2D eigenvalue weighted by Crippen LogP contribution is -1.94. The fraction of sp³-hybridized carbons (Fsp3) is 0.167.